The van der Waals surface area contributed by atoms with E-state index < -0.39 is 10.0 Å². The predicted molar refractivity (Wildman–Crippen MR) is 92.9 cm³/mol. The zero-order valence-corrected chi connectivity index (χ0v) is 15.3. The van der Waals surface area contributed by atoms with Gasteiger partial charge in [-0.3, -0.25) is 0 Å². The van der Waals surface area contributed by atoms with Crippen molar-refractivity contribution in [3.05, 3.63) is 18.3 Å². The molecule has 3 heterocycles. The van der Waals surface area contributed by atoms with Gasteiger partial charge in [0.2, 0.25) is 15.2 Å². The topological polar surface area (TPSA) is 88.1 Å². The Labute approximate surface area is 148 Å². The molecule has 2 fully saturated rings. The standard InChI is InChI=1S/C14H17N5O2S3/c20-24(21,19-7-1-2-8-19)11-5-6-12(15-9-11)22-14-18-17-13(23-14)16-10-3-4-10/h5-6,9-10H,1-4,7-8H2,(H,16,17). The molecule has 7 nitrogen and oxygen atoms in total. The van der Waals surface area contributed by atoms with Crippen molar-refractivity contribution in [1.29, 1.82) is 0 Å². The monoisotopic (exact) mass is 383 g/mol. The van der Waals surface area contributed by atoms with Gasteiger partial charge in [0.25, 0.3) is 0 Å². The largest absolute Gasteiger partial charge is 0.357 e. The normalized spacial score (nSPS) is 18.8. The van der Waals surface area contributed by atoms with Crippen molar-refractivity contribution in [2.75, 3.05) is 18.4 Å². The summed E-state index contributed by atoms with van der Waals surface area (Å²) in [6.45, 7) is 1.20. The van der Waals surface area contributed by atoms with Crippen LogP contribution in [0.1, 0.15) is 25.7 Å². The van der Waals surface area contributed by atoms with E-state index >= 15 is 0 Å². The number of pyridine rings is 1. The Morgan fingerprint density at radius 3 is 2.67 bits per heavy atom. The lowest BCUT2D eigenvalue weighted by Crippen LogP contribution is -2.27. The minimum Gasteiger partial charge on any atom is -0.357 e. The summed E-state index contributed by atoms with van der Waals surface area (Å²) in [5.74, 6) is 0. The van der Waals surface area contributed by atoms with Crippen LogP contribution in [0.5, 0.6) is 0 Å². The Hall–Kier alpha value is -1.23. The van der Waals surface area contributed by atoms with E-state index in [0.29, 0.717) is 24.2 Å². The quantitative estimate of drug-likeness (QED) is 0.819. The predicted octanol–water partition coefficient (Wildman–Crippen LogP) is 2.44. The van der Waals surface area contributed by atoms with Gasteiger partial charge in [-0.1, -0.05) is 11.3 Å². The van der Waals surface area contributed by atoms with Crippen LogP contribution in [0.25, 0.3) is 0 Å². The summed E-state index contributed by atoms with van der Waals surface area (Å²) in [7, 11) is -3.40. The first-order valence-electron chi connectivity index (χ1n) is 7.85. The van der Waals surface area contributed by atoms with Gasteiger partial charge < -0.3 is 5.32 Å². The molecule has 2 aromatic rings. The molecule has 0 unspecified atom stereocenters. The number of rotatable bonds is 6. The molecule has 24 heavy (non-hydrogen) atoms. The third-order valence-corrected chi connectivity index (χ3v) is 7.65. The maximum atomic E-state index is 12.5. The molecule has 10 heteroatoms. The molecule has 128 valence electrons. The minimum atomic E-state index is -3.40. The van der Waals surface area contributed by atoms with Gasteiger partial charge in [-0.25, -0.2) is 13.4 Å². The number of aromatic nitrogens is 3. The van der Waals surface area contributed by atoms with E-state index in [0.717, 1.165) is 22.3 Å². The van der Waals surface area contributed by atoms with Crippen molar-refractivity contribution in [3.8, 4) is 0 Å². The molecule has 1 saturated carbocycles. The summed E-state index contributed by atoms with van der Waals surface area (Å²) >= 11 is 2.88. The summed E-state index contributed by atoms with van der Waals surface area (Å²) in [5, 5.41) is 13.1. The summed E-state index contributed by atoms with van der Waals surface area (Å²) in [6, 6.07) is 3.89. The fraction of sp³-hybridized carbons (Fsp3) is 0.500. The molecule has 0 aromatic carbocycles. The van der Waals surface area contributed by atoms with Gasteiger partial charge in [0.15, 0.2) is 4.34 Å². The highest BCUT2D eigenvalue weighted by Gasteiger charge is 2.27. The SMILES string of the molecule is O=S(=O)(c1ccc(Sc2nnc(NC3CC3)s2)nc1)N1CCCC1. The van der Waals surface area contributed by atoms with E-state index in [1.807, 2.05) is 0 Å². The molecule has 0 spiro atoms. The molecule has 1 N–H and O–H groups in total. The summed E-state index contributed by atoms with van der Waals surface area (Å²) < 4.78 is 27.3. The fourth-order valence-corrected chi connectivity index (χ4v) is 5.64. The molecule has 0 radical (unpaired) electrons. The summed E-state index contributed by atoms with van der Waals surface area (Å²) in [6.07, 6.45) is 5.66. The van der Waals surface area contributed by atoms with Crippen LogP contribution in [0.15, 0.2) is 32.6 Å². The number of hydrogen-bond acceptors (Lipinski definition) is 8. The Morgan fingerprint density at radius 1 is 1.21 bits per heavy atom. The zero-order valence-electron chi connectivity index (χ0n) is 12.9. The molecular formula is C14H17N5O2S3. The maximum Gasteiger partial charge on any atom is 0.244 e. The highest BCUT2D eigenvalue weighted by atomic mass is 32.2. The van der Waals surface area contributed by atoms with Crippen molar-refractivity contribution < 1.29 is 8.42 Å². The van der Waals surface area contributed by atoms with Crippen molar-refractivity contribution >= 4 is 38.3 Å². The van der Waals surface area contributed by atoms with Crippen LogP contribution in [-0.4, -0.2) is 47.0 Å². The van der Waals surface area contributed by atoms with E-state index in [2.05, 4.69) is 20.5 Å². The average Bonchev–Trinajstić information content (AvgIpc) is 3.03. The Bertz CT molecular complexity index is 811. The van der Waals surface area contributed by atoms with Gasteiger partial charge in [0.1, 0.15) is 9.92 Å². The molecule has 1 saturated heterocycles. The minimum absolute atomic E-state index is 0.252. The van der Waals surface area contributed by atoms with E-state index in [1.165, 1.54) is 46.4 Å². The lowest BCUT2D eigenvalue weighted by molar-refractivity contribution is 0.477. The van der Waals surface area contributed by atoms with Crippen LogP contribution >= 0.6 is 23.1 Å². The summed E-state index contributed by atoms with van der Waals surface area (Å²) in [5.41, 5.74) is 0. The maximum absolute atomic E-state index is 12.5. The molecule has 4 rings (SSSR count). The van der Waals surface area contributed by atoms with Crippen LogP contribution in [0.3, 0.4) is 0 Å². The third kappa shape index (κ3) is 3.56. The number of nitrogens with one attached hydrogen (secondary N) is 1. The van der Waals surface area contributed by atoms with Crippen LogP contribution in [0.4, 0.5) is 5.13 Å². The van der Waals surface area contributed by atoms with Gasteiger partial charge in [-0.05, 0) is 49.6 Å². The first kappa shape index (κ1) is 16.2. The zero-order chi connectivity index (χ0) is 16.6. The smallest absolute Gasteiger partial charge is 0.244 e. The van der Waals surface area contributed by atoms with Crippen LogP contribution < -0.4 is 5.32 Å². The van der Waals surface area contributed by atoms with Crippen LogP contribution in [-0.2, 0) is 10.0 Å². The van der Waals surface area contributed by atoms with Gasteiger partial charge in [-0.15, -0.1) is 10.2 Å². The highest BCUT2D eigenvalue weighted by molar-refractivity contribution is 8.01. The number of sulfonamides is 1. The van der Waals surface area contributed by atoms with Gasteiger partial charge in [0.05, 0.1) is 0 Å². The Morgan fingerprint density at radius 2 is 2.00 bits per heavy atom. The van der Waals surface area contributed by atoms with E-state index in [-0.39, 0.29) is 4.90 Å². The lowest BCUT2D eigenvalue weighted by atomic mass is 10.4. The average molecular weight is 384 g/mol. The molecule has 1 aliphatic carbocycles. The van der Waals surface area contributed by atoms with Crippen LogP contribution in [0.2, 0.25) is 0 Å². The first-order chi connectivity index (χ1) is 11.6. The van der Waals surface area contributed by atoms with Crippen LogP contribution in [0, 0.1) is 0 Å². The molecule has 0 bridgehead atoms. The molecule has 1 aliphatic heterocycles. The summed E-state index contributed by atoms with van der Waals surface area (Å²) in [4.78, 5) is 4.52. The molecule has 2 aliphatic rings. The van der Waals surface area contributed by atoms with Crippen molar-refractivity contribution in [3.63, 3.8) is 0 Å². The van der Waals surface area contributed by atoms with Crippen molar-refractivity contribution in [2.24, 2.45) is 0 Å². The Kier molecular flexibility index (Phi) is 4.46. The molecule has 0 atom stereocenters. The lowest BCUT2D eigenvalue weighted by Gasteiger charge is -2.15. The van der Waals surface area contributed by atoms with Crippen molar-refractivity contribution in [2.45, 2.75) is 46.0 Å². The van der Waals surface area contributed by atoms with E-state index in [9.17, 15) is 8.42 Å². The van der Waals surface area contributed by atoms with E-state index in [1.54, 1.807) is 12.1 Å². The van der Waals surface area contributed by atoms with Gasteiger partial charge in [-0.2, -0.15) is 4.31 Å². The number of nitrogens with zero attached hydrogens (tertiary/aromatic N) is 4. The van der Waals surface area contributed by atoms with Gasteiger partial charge >= 0.3 is 0 Å². The fourth-order valence-electron chi connectivity index (χ4n) is 2.46. The van der Waals surface area contributed by atoms with E-state index in [4.69, 9.17) is 0 Å². The van der Waals surface area contributed by atoms with Gasteiger partial charge in [0, 0.05) is 25.3 Å². The first-order valence-corrected chi connectivity index (χ1v) is 10.9. The molecule has 0 amide bonds. The highest BCUT2D eigenvalue weighted by Crippen LogP contribution is 2.33. The van der Waals surface area contributed by atoms with Crippen molar-refractivity contribution in [1.82, 2.24) is 19.5 Å². The second kappa shape index (κ2) is 6.58. The third-order valence-electron chi connectivity index (χ3n) is 3.92. The second-order valence-electron chi connectivity index (χ2n) is 5.84. The number of hydrogen-bond donors (Lipinski definition) is 1. The second-order valence-corrected chi connectivity index (χ2v) is 10.0. The number of anilines is 1. The molecular weight excluding hydrogens is 366 g/mol. The molecule has 2 aromatic heterocycles. The Balaban J connectivity index is 1.44.